The monoisotopic (exact) mass is 315 g/mol. The Balaban J connectivity index is 2.02. The van der Waals surface area contributed by atoms with Crippen LogP contribution in [0.15, 0.2) is 17.3 Å². The van der Waals surface area contributed by atoms with Gasteiger partial charge in [0.25, 0.3) is 0 Å². The molecule has 1 aliphatic rings. The smallest absolute Gasteiger partial charge is 0.243 e. The van der Waals surface area contributed by atoms with Crippen LogP contribution in [0, 0.1) is 5.41 Å². The predicted octanol–water partition coefficient (Wildman–Crippen LogP) is 1.51. The number of aryl methyl sites for hydroxylation is 1. The van der Waals surface area contributed by atoms with Crippen molar-refractivity contribution in [2.45, 2.75) is 63.4 Å². The van der Waals surface area contributed by atoms with Gasteiger partial charge < -0.3 is 5.11 Å². The van der Waals surface area contributed by atoms with Crippen LogP contribution in [0.5, 0.6) is 0 Å². The molecule has 1 aromatic heterocycles. The predicted molar refractivity (Wildman–Crippen MR) is 80.3 cm³/mol. The molecule has 1 atom stereocenters. The van der Waals surface area contributed by atoms with E-state index in [4.69, 9.17) is 5.11 Å². The molecule has 21 heavy (non-hydrogen) atoms. The molecule has 0 aliphatic heterocycles. The van der Waals surface area contributed by atoms with Gasteiger partial charge in [0.1, 0.15) is 4.90 Å². The summed E-state index contributed by atoms with van der Waals surface area (Å²) in [4.78, 5) is 0.198. The lowest BCUT2D eigenvalue weighted by atomic mass is 9.75. The van der Waals surface area contributed by atoms with Crippen LogP contribution in [0.4, 0.5) is 0 Å². The van der Waals surface area contributed by atoms with Gasteiger partial charge in [-0.1, -0.05) is 20.3 Å². The molecule has 1 heterocycles. The van der Waals surface area contributed by atoms with Crippen molar-refractivity contribution < 1.29 is 13.5 Å². The van der Waals surface area contributed by atoms with Gasteiger partial charge >= 0.3 is 0 Å². The highest BCUT2D eigenvalue weighted by atomic mass is 32.2. The lowest BCUT2D eigenvalue weighted by Gasteiger charge is -2.35. The summed E-state index contributed by atoms with van der Waals surface area (Å²) in [5.41, 5.74) is 0.191. The number of aliphatic hydroxyl groups is 1. The molecule has 0 amide bonds. The number of hydrogen-bond donors (Lipinski definition) is 2. The zero-order valence-corrected chi connectivity index (χ0v) is 13.6. The number of nitrogens with one attached hydrogen (secondary N) is 1. The fraction of sp³-hybridized carbons (Fsp3) is 0.786. The number of aliphatic hydroxyl groups excluding tert-OH is 1. The average molecular weight is 315 g/mol. The minimum atomic E-state index is -3.51. The quantitative estimate of drug-likeness (QED) is 0.833. The van der Waals surface area contributed by atoms with Gasteiger partial charge in [-0.2, -0.15) is 5.10 Å². The van der Waals surface area contributed by atoms with Gasteiger partial charge in [-0.3, -0.25) is 4.68 Å². The van der Waals surface area contributed by atoms with Crippen LogP contribution in [-0.2, 0) is 16.6 Å². The summed E-state index contributed by atoms with van der Waals surface area (Å²) < 4.78 is 29.1. The maximum atomic E-state index is 12.4. The highest BCUT2D eigenvalue weighted by molar-refractivity contribution is 7.89. The molecule has 1 aliphatic carbocycles. The van der Waals surface area contributed by atoms with E-state index in [0.29, 0.717) is 13.0 Å². The van der Waals surface area contributed by atoms with Crippen LogP contribution in [-0.4, -0.2) is 36.0 Å². The van der Waals surface area contributed by atoms with E-state index in [-0.39, 0.29) is 23.0 Å². The molecule has 120 valence electrons. The molecule has 1 saturated carbocycles. The largest absolute Gasteiger partial charge is 0.396 e. The minimum Gasteiger partial charge on any atom is -0.396 e. The zero-order valence-electron chi connectivity index (χ0n) is 12.7. The molecule has 0 aromatic carbocycles. The Morgan fingerprint density at radius 3 is 2.95 bits per heavy atom. The molecule has 2 N–H and O–H groups in total. The van der Waals surface area contributed by atoms with Crippen molar-refractivity contribution in [3.05, 3.63) is 12.4 Å². The van der Waals surface area contributed by atoms with Gasteiger partial charge in [-0.25, -0.2) is 13.1 Å². The standard InChI is InChI=1S/C14H25N3O3S/c1-14(2)6-3-5-12(9-14)16-21(19,20)13-10-15-17(11-13)7-4-8-18/h10-12,16,18H,3-9H2,1-2H3. The Bertz CT molecular complexity index is 566. The second kappa shape index (κ2) is 6.46. The van der Waals surface area contributed by atoms with E-state index in [1.165, 1.54) is 12.4 Å². The molecule has 0 spiro atoms. The first kappa shape index (κ1) is 16.5. The zero-order chi connectivity index (χ0) is 15.5. The van der Waals surface area contributed by atoms with Crippen molar-refractivity contribution in [3.8, 4) is 0 Å². The second-order valence-electron chi connectivity index (χ2n) is 6.60. The van der Waals surface area contributed by atoms with Crippen LogP contribution in [0.25, 0.3) is 0 Å². The summed E-state index contributed by atoms with van der Waals surface area (Å²) in [6.45, 7) is 4.95. The number of nitrogens with zero attached hydrogens (tertiary/aromatic N) is 2. The lowest BCUT2D eigenvalue weighted by Crippen LogP contribution is -2.40. The summed E-state index contributed by atoms with van der Waals surface area (Å²) in [5.74, 6) is 0. The van der Waals surface area contributed by atoms with Crippen molar-refractivity contribution >= 4 is 10.0 Å². The first-order chi connectivity index (χ1) is 9.82. The first-order valence-electron chi connectivity index (χ1n) is 7.48. The van der Waals surface area contributed by atoms with Gasteiger partial charge in [0, 0.05) is 25.4 Å². The fourth-order valence-corrected chi connectivity index (χ4v) is 4.15. The number of hydrogen-bond acceptors (Lipinski definition) is 4. The molecule has 0 radical (unpaired) electrons. The van der Waals surface area contributed by atoms with Crippen LogP contribution in [0.2, 0.25) is 0 Å². The van der Waals surface area contributed by atoms with Gasteiger partial charge in [-0.15, -0.1) is 0 Å². The number of rotatable bonds is 6. The van der Waals surface area contributed by atoms with E-state index < -0.39 is 10.0 Å². The van der Waals surface area contributed by atoms with Gasteiger partial charge in [0.15, 0.2) is 0 Å². The van der Waals surface area contributed by atoms with Crippen LogP contribution in [0.3, 0.4) is 0 Å². The lowest BCUT2D eigenvalue weighted by molar-refractivity contribution is 0.212. The summed E-state index contributed by atoms with van der Waals surface area (Å²) in [6, 6.07) is -0.000424. The summed E-state index contributed by atoms with van der Waals surface area (Å²) >= 11 is 0. The Morgan fingerprint density at radius 2 is 2.29 bits per heavy atom. The van der Waals surface area contributed by atoms with E-state index in [9.17, 15) is 8.42 Å². The molecule has 1 aromatic rings. The van der Waals surface area contributed by atoms with Gasteiger partial charge in [0.05, 0.1) is 6.20 Å². The summed E-state index contributed by atoms with van der Waals surface area (Å²) in [7, 11) is -3.51. The van der Waals surface area contributed by atoms with E-state index in [0.717, 1.165) is 25.7 Å². The Morgan fingerprint density at radius 1 is 1.52 bits per heavy atom. The molecule has 0 saturated heterocycles. The molecule has 0 bridgehead atoms. The fourth-order valence-electron chi connectivity index (χ4n) is 2.92. The Labute approximate surface area is 126 Å². The normalized spacial score (nSPS) is 22.3. The second-order valence-corrected chi connectivity index (χ2v) is 8.31. The number of aromatic nitrogens is 2. The van der Waals surface area contributed by atoms with Crippen LogP contribution in [0.1, 0.15) is 46.0 Å². The highest BCUT2D eigenvalue weighted by Crippen LogP contribution is 2.35. The summed E-state index contributed by atoms with van der Waals surface area (Å²) in [6.07, 6.45) is 7.40. The molecule has 1 unspecified atom stereocenters. The van der Waals surface area contributed by atoms with Crippen molar-refractivity contribution in [3.63, 3.8) is 0 Å². The Hall–Kier alpha value is -0.920. The van der Waals surface area contributed by atoms with E-state index in [2.05, 4.69) is 23.7 Å². The van der Waals surface area contributed by atoms with Crippen LogP contribution >= 0.6 is 0 Å². The van der Waals surface area contributed by atoms with Crippen molar-refractivity contribution in [2.24, 2.45) is 5.41 Å². The van der Waals surface area contributed by atoms with E-state index >= 15 is 0 Å². The topological polar surface area (TPSA) is 84.2 Å². The highest BCUT2D eigenvalue weighted by Gasteiger charge is 2.31. The molecular formula is C14H25N3O3S. The van der Waals surface area contributed by atoms with E-state index in [1.807, 2.05) is 0 Å². The molecule has 2 rings (SSSR count). The minimum absolute atomic E-state index is 0.000424. The van der Waals surface area contributed by atoms with Crippen molar-refractivity contribution in [1.82, 2.24) is 14.5 Å². The summed E-state index contributed by atoms with van der Waals surface area (Å²) in [5, 5.41) is 12.8. The molecule has 1 fully saturated rings. The average Bonchev–Trinajstić information content (AvgIpc) is 2.84. The van der Waals surface area contributed by atoms with Gasteiger partial charge in [0.2, 0.25) is 10.0 Å². The third-order valence-electron chi connectivity index (χ3n) is 3.99. The van der Waals surface area contributed by atoms with Crippen LogP contribution < -0.4 is 4.72 Å². The third-order valence-corrected chi connectivity index (χ3v) is 5.47. The molecule has 6 nitrogen and oxygen atoms in total. The maximum absolute atomic E-state index is 12.4. The maximum Gasteiger partial charge on any atom is 0.243 e. The van der Waals surface area contributed by atoms with E-state index in [1.54, 1.807) is 4.68 Å². The molecular weight excluding hydrogens is 290 g/mol. The SMILES string of the molecule is CC1(C)CCCC(NS(=O)(=O)c2cnn(CCCO)c2)C1. The van der Waals surface area contributed by atoms with Crippen molar-refractivity contribution in [1.29, 1.82) is 0 Å². The third kappa shape index (κ3) is 4.52. The molecule has 7 heteroatoms. The number of sulfonamides is 1. The first-order valence-corrected chi connectivity index (χ1v) is 8.96. The van der Waals surface area contributed by atoms with Crippen molar-refractivity contribution in [2.75, 3.05) is 6.61 Å². The Kier molecular flexibility index (Phi) is 5.06. The van der Waals surface area contributed by atoms with Gasteiger partial charge in [-0.05, 0) is 31.1 Å².